The minimum atomic E-state index is -1.96. The van der Waals surface area contributed by atoms with Crippen molar-refractivity contribution in [1.82, 2.24) is 0 Å². The van der Waals surface area contributed by atoms with Crippen molar-refractivity contribution in [3.05, 3.63) is 91.0 Å². The first-order valence-corrected chi connectivity index (χ1v) is 11.2. The Hall–Kier alpha value is -1.42. The molecule has 0 atom stereocenters. The summed E-state index contributed by atoms with van der Waals surface area (Å²) in [6.45, 7) is 0. The predicted octanol–water partition coefficient (Wildman–Crippen LogP) is 3.76. The van der Waals surface area contributed by atoms with Crippen LogP contribution >= 0.6 is 6.04 Å². The van der Waals surface area contributed by atoms with Gasteiger partial charge in [-0.25, -0.2) is 0 Å². The van der Waals surface area contributed by atoms with Crippen LogP contribution in [0.4, 0.5) is 0 Å². The van der Waals surface area contributed by atoms with E-state index in [1.807, 2.05) is 0 Å². The Bertz CT molecular complexity index is 584. The van der Waals surface area contributed by atoms with Crippen LogP contribution in [-0.4, -0.2) is 0 Å². The van der Waals surface area contributed by atoms with Crippen molar-refractivity contribution in [3.8, 4) is 0 Å². The zero-order valence-corrected chi connectivity index (χ0v) is 14.0. The van der Waals surface area contributed by atoms with Gasteiger partial charge in [-0.1, -0.05) is 0 Å². The van der Waals surface area contributed by atoms with Gasteiger partial charge in [0.15, 0.2) is 0 Å². The zero-order chi connectivity index (χ0) is 14.5. The summed E-state index contributed by atoms with van der Waals surface area (Å²) in [5, 5.41) is 4.39. The molecule has 2 heteroatoms. The third-order valence-electron chi connectivity index (χ3n) is 3.70. The number of benzene rings is 3. The van der Waals surface area contributed by atoms with Crippen molar-refractivity contribution in [3.63, 3.8) is 0 Å². The second kappa shape index (κ2) is 6.57. The SMILES string of the molecule is [CH3][Ni][PH](c1ccccc1)(c1ccccc1)c1ccccc1. The second-order valence-corrected chi connectivity index (χ2v) is 11.8. The first kappa shape index (κ1) is 14.5. The molecular weight excluding hydrogens is 318 g/mol. The normalized spacial score (nSPS) is 12.2. The Morgan fingerprint density at radius 1 is 0.524 bits per heavy atom. The molecule has 0 amide bonds. The molecule has 0 radical (unpaired) electrons. The molecule has 0 nitrogen and oxygen atoms in total. The van der Waals surface area contributed by atoms with Crippen LogP contribution in [0.5, 0.6) is 0 Å². The summed E-state index contributed by atoms with van der Waals surface area (Å²) < 4.78 is 0. The standard InChI is InChI=1S/C18H15P.CH3.Ni/c1-4-10-16(11-5-1)19(17-12-6-2-7-13-17)18-14-8-3-9-15-18;;/h1-15H;1H3;/q;;-1/p+1. The second-order valence-electron chi connectivity index (χ2n) is 4.87. The van der Waals surface area contributed by atoms with E-state index in [9.17, 15) is 0 Å². The van der Waals surface area contributed by atoms with E-state index in [1.165, 1.54) is 15.9 Å². The molecule has 0 bridgehead atoms. The van der Waals surface area contributed by atoms with Crippen molar-refractivity contribution < 1.29 is 14.0 Å². The van der Waals surface area contributed by atoms with E-state index in [0.29, 0.717) is 0 Å². The van der Waals surface area contributed by atoms with E-state index in [0.717, 1.165) is 0 Å². The van der Waals surface area contributed by atoms with Crippen LogP contribution in [0.25, 0.3) is 0 Å². The molecule has 3 aromatic carbocycles. The van der Waals surface area contributed by atoms with E-state index >= 15 is 0 Å². The van der Waals surface area contributed by atoms with Gasteiger partial charge in [-0.15, -0.1) is 0 Å². The third kappa shape index (κ3) is 2.69. The average Bonchev–Trinajstić information content (AvgIpc) is 2.59. The molecule has 3 aromatic rings. The fraction of sp³-hybridized carbons (Fsp3) is 0.0526. The predicted molar refractivity (Wildman–Crippen MR) is 92.4 cm³/mol. The monoisotopic (exact) mass is 336 g/mol. The molecule has 0 heterocycles. The van der Waals surface area contributed by atoms with Crippen LogP contribution in [0.3, 0.4) is 0 Å². The molecular formula is C19H19NiP. The Labute approximate surface area is 133 Å². The van der Waals surface area contributed by atoms with E-state index in [2.05, 4.69) is 96.9 Å². The van der Waals surface area contributed by atoms with Gasteiger partial charge in [0.1, 0.15) is 0 Å². The molecule has 0 spiro atoms. The maximum atomic E-state index is 2.29. The summed E-state index contributed by atoms with van der Waals surface area (Å²) in [6.07, 6.45) is 0. The summed E-state index contributed by atoms with van der Waals surface area (Å²) in [6, 6.07) is 31.0. The van der Waals surface area contributed by atoms with Crippen LogP contribution in [0, 0.1) is 0 Å². The average molecular weight is 337 g/mol. The first-order chi connectivity index (χ1) is 10.4. The van der Waals surface area contributed by atoms with Crippen LogP contribution in [0.15, 0.2) is 91.0 Å². The van der Waals surface area contributed by atoms with Gasteiger partial charge < -0.3 is 0 Å². The number of hydrogen-bond acceptors (Lipinski definition) is 0. The van der Waals surface area contributed by atoms with Gasteiger partial charge in [-0.3, -0.25) is 0 Å². The minimum absolute atomic E-state index is 1.46. The number of rotatable bonds is 4. The Morgan fingerprint density at radius 2 is 0.810 bits per heavy atom. The van der Waals surface area contributed by atoms with Gasteiger partial charge in [0.25, 0.3) is 0 Å². The summed E-state index contributed by atoms with van der Waals surface area (Å²) in [4.78, 5) is 0. The van der Waals surface area contributed by atoms with Crippen molar-refractivity contribution in [2.45, 2.75) is 5.89 Å². The Balaban J connectivity index is 2.29. The van der Waals surface area contributed by atoms with Crippen molar-refractivity contribution in [2.75, 3.05) is 0 Å². The quantitative estimate of drug-likeness (QED) is 0.502. The van der Waals surface area contributed by atoms with E-state index < -0.39 is 6.04 Å². The fourth-order valence-corrected chi connectivity index (χ4v) is 10.2. The van der Waals surface area contributed by atoms with Crippen LogP contribution in [0.2, 0.25) is 5.89 Å². The molecule has 0 aliphatic carbocycles. The molecule has 0 N–H and O–H groups in total. The van der Waals surface area contributed by atoms with Gasteiger partial charge >= 0.3 is 133 Å². The van der Waals surface area contributed by atoms with E-state index in [1.54, 1.807) is 14.0 Å². The summed E-state index contributed by atoms with van der Waals surface area (Å²) in [7, 11) is 0. The molecule has 110 valence electrons. The fourth-order valence-electron chi connectivity index (χ4n) is 2.75. The molecule has 21 heavy (non-hydrogen) atoms. The molecule has 0 aliphatic heterocycles. The molecule has 0 fully saturated rings. The van der Waals surface area contributed by atoms with Gasteiger partial charge in [0.05, 0.1) is 0 Å². The summed E-state index contributed by atoms with van der Waals surface area (Å²) in [5.41, 5.74) is 0. The first-order valence-electron chi connectivity index (χ1n) is 6.96. The van der Waals surface area contributed by atoms with Gasteiger partial charge in [-0.05, 0) is 0 Å². The van der Waals surface area contributed by atoms with Crippen molar-refractivity contribution in [1.29, 1.82) is 0 Å². The molecule has 3 rings (SSSR count). The third-order valence-corrected chi connectivity index (χ3v) is 12.2. The summed E-state index contributed by atoms with van der Waals surface area (Å²) in [5.74, 6) is 2.27. The molecule has 0 aliphatic rings. The molecule has 0 saturated carbocycles. The molecule has 0 unspecified atom stereocenters. The summed E-state index contributed by atoms with van der Waals surface area (Å²) >= 11 is 1.80. The number of hydrogen-bond donors (Lipinski definition) is 0. The van der Waals surface area contributed by atoms with Crippen molar-refractivity contribution in [2.24, 2.45) is 0 Å². The van der Waals surface area contributed by atoms with Gasteiger partial charge in [0, 0.05) is 0 Å². The Kier molecular flexibility index (Phi) is 4.54. The van der Waals surface area contributed by atoms with Crippen LogP contribution < -0.4 is 15.9 Å². The topological polar surface area (TPSA) is 0 Å². The molecule has 0 saturated heterocycles. The molecule has 0 aromatic heterocycles. The van der Waals surface area contributed by atoms with Gasteiger partial charge in [0.2, 0.25) is 0 Å². The van der Waals surface area contributed by atoms with Crippen LogP contribution in [0.1, 0.15) is 0 Å². The van der Waals surface area contributed by atoms with Crippen molar-refractivity contribution >= 4 is 22.0 Å². The van der Waals surface area contributed by atoms with Crippen LogP contribution in [-0.2, 0) is 14.0 Å². The zero-order valence-electron chi connectivity index (χ0n) is 12.0. The Morgan fingerprint density at radius 3 is 1.05 bits per heavy atom. The maximum absolute atomic E-state index is 2.29. The van der Waals surface area contributed by atoms with E-state index in [4.69, 9.17) is 0 Å². The van der Waals surface area contributed by atoms with E-state index in [-0.39, 0.29) is 0 Å². The van der Waals surface area contributed by atoms with Gasteiger partial charge in [-0.2, -0.15) is 0 Å².